The first-order chi connectivity index (χ1) is 7.58. The number of primary amides is 1. The topological polar surface area (TPSA) is 46.3 Å². The van der Waals surface area contributed by atoms with Crippen LogP contribution in [0.25, 0.3) is 0 Å². The molecule has 0 spiro atoms. The number of carbonyl (C=O) groups excluding carboxylic acids is 1. The van der Waals surface area contributed by atoms with Crippen LogP contribution in [0.2, 0.25) is 5.02 Å². The minimum absolute atomic E-state index is 0.106. The van der Waals surface area contributed by atoms with Crippen molar-refractivity contribution in [3.05, 3.63) is 29.0 Å². The SMILES string of the molecule is NC(=O)[C@H]1CCN(c2ccc(Cl)c(F)c2)C1. The van der Waals surface area contributed by atoms with Gasteiger partial charge < -0.3 is 10.6 Å². The van der Waals surface area contributed by atoms with E-state index in [1.54, 1.807) is 6.07 Å². The molecule has 0 saturated carbocycles. The summed E-state index contributed by atoms with van der Waals surface area (Å²) in [5, 5.41) is 0.106. The Morgan fingerprint density at radius 1 is 1.56 bits per heavy atom. The van der Waals surface area contributed by atoms with Crippen molar-refractivity contribution < 1.29 is 9.18 Å². The lowest BCUT2D eigenvalue weighted by atomic mass is 10.1. The Kier molecular flexibility index (Phi) is 3.01. The molecule has 0 unspecified atom stereocenters. The molecular weight excluding hydrogens is 231 g/mol. The van der Waals surface area contributed by atoms with E-state index in [0.717, 1.165) is 12.1 Å². The van der Waals surface area contributed by atoms with Crippen molar-refractivity contribution >= 4 is 23.2 Å². The van der Waals surface area contributed by atoms with E-state index < -0.39 is 5.82 Å². The normalized spacial score (nSPS) is 20.1. The van der Waals surface area contributed by atoms with Crippen LogP contribution >= 0.6 is 11.6 Å². The highest BCUT2D eigenvalue weighted by atomic mass is 35.5. The van der Waals surface area contributed by atoms with Gasteiger partial charge >= 0.3 is 0 Å². The van der Waals surface area contributed by atoms with E-state index in [1.807, 2.05) is 4.90 Å². The quantitative estimate of drug-likeness (QED) is 0.860. The Balaban J connectivity index is 2.14. The van der Waals surface area contributed by atoms with Crippen LogP contribution in [0.4, 0.5) is 10.1 Å². The lowest BCUT2D eigenvalue weighted by Crippen LogP contribution is -2.27. The number of carbonyl (C=O) groups is 1. The Labute approximate surface area is 98.0 Å². The third-order valence-electron chi connectivity index (χ3n) is 2.86. The van der Waals surface area contributed by atoms with Gasteiger partial charge in [-0.2, -0.15) is 0 Å². The molecule has 1 fully saturated rings. The van der Waals surface area contributed by atoms with Gasteiger partial charge in [0.15, 0.2) is 0 Å². The average molecular weight is 243 g/mol. The second-order valence-electron chi connectivity index (χ2n) is 3.93. The molecule has 2 N–H and O–H groups in total. The highest BCUT2D eigenvalue weighted by molar-refractivity contribution is 6.30. The summed E-state index contributed by atoms with van der Waals surface area (Å²) in [5.74, 6) is -0.877. The Morgan fingerprint density at radius 2 is 2.31 bits per heavy atom. The molecule has 3 nitrogen and oxygen atoms in total. The molecule has 0 bridgehead atoms. The van der Waals surface area contributed by atoms with Crippen LogP contribution < -0.4 is 10.6 Å². The van der Waals surface area contributed by atoms with E-state index in [2.05, 4.69) is 0 Å². The molecule has 2 rings (SSSR count). The van der Waals surface area contributed by atoms with Gasteiger partial charge in [0, 0.05) is 18.8 Å². The summed E-state index contributed by atoms with van der Waals surface area (Å²) in [4.78, 5) is 12.9. The average Bonchev–Trinajstić information content (AvgIpc) is 2.71. The zero-order chi connectivity index (χ0) is 11.7. The van der Waals surface area contributed by atoms with Crippen LogP contribution in [0.5, 0.6) is 0 Å². The van der Waals surface area contributed by atoms with Crippen LogP contribution in [0.1, 0.15) is 6.42 Å². The fraction of sp³-hybridized carbons (Fsp3) is 0.364. The van der Waals surface area contributed by atoms with Crippen LogP contribution in [-0.2, 0) is 4.79 Å². The number of hydrogen-bond acceptors (Lipinski definition) is 2. The van der Waals surface area contributed by atoms with Crippen molar-refractivity contribution in [1.82, 2.24) is 0 Å². The maximum atomic E-state index is 13.2. The van der Waals surface area contributed by atoms with E-state index in [0.29, 0.717) is 13.1 Å². The number of benzene rings is 1. The molecule has 1 saturated heterocycles. The fourth-order valence-electron chi connectivity index (χ4n) is 1.91. The lowest BCUT2D eigenvalue weighted by Gasteiger charge is -2.18. The zero-order valence-electron chi connectivity index (χ0n) is 8.62. The Morgan fingerprint density at radius 3 is 2.88 bits per heavy atom. The molecular formula is C11H12ClFN2O. The summed E-state index contributed by atoms with van der Waals surface area (Å²) in [6.45, 7) is 1.27. The van der Waals surface area contributed by atoms with Crippen molar-refractivity contribution in [3.63, 3.8) is 0 Å². The summed E-state index contributed by atoms with van der Waals surface area (Å²) >= 11 is 5.60. The number of nitrogens with zero attached hydrogens (tertiary/aromatic N) is 1. The summed E-state index contributed by atoms with van der Waals surface area (Å²) < 4.78 is 13.2. The second kappa shape index (κ2) is 4.29. The first kappa shape index (κ1) is 11.2. The third-order valence-corrected chi connectivity index (χ3v) is 3.17. The van der Waals surface area contributed by atoms with Gasteiger partial charge in [0.05, 0.1) is 10.9 Å². The zero-order valence-corrected chi connectivity index (χ0v) is 9.38. The van der Waals surface area contributed by atoms with Crippen molar-refractivity contribution in [3.8, 4) is 0 Å². The number of halogens is 2. The van der Waals surface area contributed by atoms with Gasteiger partial charge in [0.2, 0.25) is 5.91 Å². The van der Waals surface area contributed by atoms with E-state index >= 15 is 0 Å². The summed E-state index contributed by atoms with van der Waals surface area (Å²) in [6, 6.07) is 4.64. The van der Waals surface area contributed by atoms with Crippen molar-refractivity contribution in [1.29, 1.82) is 0 Å². The molecule has 1 amide bonds. The first-order valence-corrected chi connectivity index (χ1v) is 5.45. The Bertz CT molecular complexity index is 424. The lowest BCUT2D eigenvalue weighted by molar-refractivity contribution is -0.121. The highest BCUT2D eigenvalue weighted by Crippen LogP contribution is 2.26. The fourth-order valence-corrected chi connectivity index (χ4v) is 2.03. The predicted molar refractivity (Wildman–Crippen MR) is 60.9 cm³/mol. The van der Waals surface area contributed by atoms with Crippen LogP contribution in [0.3, 0.4) is 0 Å². The molecule has 16 heavy (non-hydrogen) atoms. The van der Waals surface area contributed by atoms with Crippen molar-refractivity contribution in [2.75, 3.05) is 18.0 Å². The number of hydrogen-bond donors (Lipinski definition) is 1. The molecule has 0 aliphatic carbocycles. The van der Waals surface area contributed by atoms with Crippen LogP contribution in [-0.4, -0.2) is 19.0 Å². The number of anilines is 1. The molecule has 1 aliphatic rings. The van der Waals surface area contributed by atoms with E-state index in [1.165, 1.54) is 12.1 Å². The van der Waals surface area contributed by atoms with Crippen molar-refractivity contribution in [2.45, 2.75) is 6.42 Å². The molecule has 5 heteroatoms. The molecule has 0 aromatic heterocycles. The van der Waals surface area contributed by atoms with E-state index in [4.69, 9.17) is 17.3 Å². The number of nitrogens with two attached hydrogens (primary N) is 1. The van der Waals surface area contributed by atoms with E-state index in [-0.39, 0.29) is 16.8 Å². The Hall–Kier alpha value is -1.29. The molecule has 1 aromatic carbocycles. The monoisotopic (exact) mass is 242 g/mol. The third kappa shape index (κ3) is 2.11. The maximum Gasteiger partial charge on any atom is 0.222 e. The van der Waals surface area contributed by atoms with E-state index in [9.17, 15) is 9.18 Å². The first-order valence-electron chi connectivity index (χ1n) is 5.07. The van der Waals surface area contributed by atoms with Gasteiger partial charge in [-0.05, 0) is 24.6 Å². The molecule has 0 radical (unpaired) electrons. The summed E-state index contributed by atoms with van der Waals surface area (Å²) in [6.07, 6.45) is 0.722. The molecule has 86 valence electrons. The molecule has 1 aromatic rings. The van der Waals surface area contributed by atoms with Gasteiger partial charge in [0.25, 0.3) is 0 Å². The minimum atomic E-state index is -0.443. The molecule has 1 aliphatic heterocycles. The summed E-state index contributed by atoms with van der Waals surface area (Å²) in [5.41, 5.74) is 5.97. The van der Waals surface area contributed by atoms with Gasteiger partial charge in [-0.25, -0.2) is 4.39 Å². The predicted octanol–water partition coefficient (Wildman–Crippen LogP) is 1.79. The highest BCUT2D eigenvalue weighted by Gasteiger charge is 2.26. The van der Waals surface area contributed by atoms with Crippen molar-refractivity contribution in [2.24, 2.45) is 11.7 Å². The maximum absolute atomic E-state index is 13.2. The van der Waals surface area contributed by atoms with Gasteiger partial charge in [-0.15, -0.1) is 0 Å². The van der Waals surface area contributed by atoms with Gasteiger partial charge in [-0.1, -0.05) is 11.6 Å². The van der Waals surface area contributed by atoms with Crippen LogP contribution in [0, 0.1) is 11.7 Å². The second-order valence-corrected chi connectivity index (χ2v) is 4.34. The number of rotatable bonds is 2. The number of amides is 1. The summed E-state index contributed by atoms with van der Waals surface area (Å²) in [7, 11) is 0. The van der Waals surface area contributed by atoms with Crippen LogP contribution in [0.15, 0.2) is 18.2 Å². The standard InChI is InChI=1S/C11H12ClFN2O/c12-9-2-1-8(5-10(9)13)15-4-3-7(6-15)11(14)16/h1-2,5,7H,3-4,6H2,(H2,14,16)/t7-/m0/s1. The minimum Gasteiger partial charge on any atom is -0.371 e. The van der Waals surface area contributed by atoms with Gasteiger partial charge in [0.1, 0.15) is 5.82 Å². The molecule has 1 heterocycles. The molecule has 1 atom stereocenters. The largest absolute Gasteiger partial charge is 0.371 e. The smallest absolute Gasteiger partial charge is 0.222 e. The van der Waals surface area contributed by atoms with Gasteiger partial charge in [-0.3, -0.25) is 4.79 Å².